The van der Waals surface area contributed by atoms with Gasteiger partial charge in [0.1, 0.15) is 17.3 Å². The molecule has 0 unspecified atom stereocenters. The SMILES string of the molecule is O=C(NCCc1nnc2n1CCCCC2)c1cc2ccccc2[nH]1. The Kier molecular flexibility index (Phi) is 4.02. The first kappa shape index (κ1) is 14.9. The van der Waals surface area contributed by atoms with Crippen molar-refractivity contribution in [3.8, 4) is 0 Å². The molecule has 3 aromatic rings. The Balaban J connectivity index is 1.38. The summed E-state index contributed by atoms with van der Waals surface area (Å²) in [5, 5.41) is 12.6. The Labute approximate surface area is 140 Å². The number of aromatic nitrogens is 4. The lowest BCUT2D eigenvalue weighted by molar-refractivity contribution is 0.0949. The second kappa shape index (κ2) is 6.47. The minimum absolute atomic E-state index is 0.0817. The van der Waals surface area contributed by atoms with Gasteiger partial charge in [0, 0.05) is 36.8 Å². The maximum atomic E-state index is 12.3. The number of H-pyrrole nitrogens is 1. The van der Waals surface area contributed by atoms with E-state index >= 15 is 0 Å². The lowest BCUT2D eigenvalue weighted by atomic mass is 10.2. The third-order valence-corrected chi connectivity index (χ3v) is 4.59. The summed E-state index contributed by atoms with van der Waals surface area (Å²) >= 11 is 0. The summed E-state index contributed by atoms with van der Waals surface area (Å²) in [6, 6.07) is 9.77. The van der Waals surface area contributed by atoms with Crippen LogP contribution >= 0.6 is 0 Å². The zero-order valence-corrected chi connectivity index (χ0v) is 13.6. The standard InChI is InChI=1S/C18H21N5O/c24-18(15-12-13-6-3-4-7-14(13)20-15)19-10-9-17-22-21-16-8-2-1-5-11-23(16)17/h3-4,6-7,12,20H,1-2,5,8-11H2,(H,19,24). The van der Waals surface area contributed by atoms with Gasteiger partial charge in [-0.2, -0.15) is 0 Å². The number of nitrogens with zero attached hydrogens (tertiary/aromatic N) is 3. The van der Waals surface area contributed by atoms with Crippen molar-refractivity contribution in [3.05, 3.63) is 47.7 Å². The average Bonchev–Trinajstić information content (AvgIpc) is 3.12. The van der Waals surface area contributed by atoms with Gasteiger partial charge in [0.05, 0.1) is 0 Å². The van der Waals surface area contributed by atoms with E-state index in [4.69, 9.17) is 0 Å². The molecule has 1 aliphatic heterocycles. The van der Waals surface area contributed by atoms with E-state index in [0.29, 0.717) is 18.7 Å². The van der Waals surface area contributed by atoms with E-state index in [1.807, 2.05) is 30.3 Å². The van der Waals surface area contributed by atoms with E-state index < -0.39 is 0 Å². The van der Waals surface area contributed by atoms with E-state index in [1.54, 1.807) is 0 Å². The third-order valence-electron chi connectivity index (χ3n) is 4.59. The van der Waals surface area contributed by atoms with E-state index in [2.05, 4.69) is 25.1 Å². The van der Waals surface area contributed by atoms with Crippen molar-refractivity contribution in [1.29, 1.82) is 0 Å². The van der Waals surface area contributed by atoms with Crippen LogP contribution in [0.5, 0.6) is 0 Å². The van der Waals surface area contributed by atoms with Gasteiger partial charge in [-0.15, -0.1) is 10.2 Å². The minimum atomic E-state index is -0.0817. The molecule has 0 saturated carbocycles. The number of hydrogen-bond acceptors (Lipinski definition) is 3. The molecule has 0 atom stereocenters. The highest BCUT2D eigenvalue weighted by Crippen LogP contribution is 2.15. The summed E-state index contributed by atoms with van der Waals surface area (Å²) in [5.41, 5.74) is 1.57. The van der Waals surface area contributed by atoms with Crippen LogP contribution in [0.4, 0.5) is 0 Å². The van der Waals surface area contributed by atoms with Gasteiger partial charge < -0.3 is 14.9 Å². The largest absolute Gasteiger partial charge is 0.351 e. The summed E-state index contributed by atoms with van der Waals surface area (Å²) in [4.78, 5) is 15.5. The molecule has 2 aromatic heterocycles. The highest BCUT2D eigenvalue weighted by atomic mass is 16.1. The van der Waals surface area contributed by atoms with Crippen LogP contribution in [0.1, 0.15) is 41.4 Å². The zero-order chi connectivity index (χ0) is 16.4. The second-order valence-corrected chi connectivity index (χ2v) is 6.27. The molecule has 0 saturated heterocycles. The van der Waals surface area contributed by atoms with Gasteiger partial charge in [0.15, 0.2) is 0 Å². The predicted molar refractivity (Wildman–Crippen MR) is 91.9 cm³/mol. The molecule has 1 aliphatic rings. The number of hydrogen-bond donors (Lipinski definition) is 2. The minimum Gasteiger partial charge on any atom is -0.351 e. The Morgan fingerprint density at radius 1 is 1.21 bits per heavy atom. The normalized spacial score (nSPS) is 14.3. The number of amides is 1. The van der Waals surface area contributed by atoms with Crippen molar-refractivity contribution < 1.29 is 4.79 Å². The van der Waals surface area contributed by atoms with Crippen LogP contribution in [0.15, 0.2) is 30.3 Å². The molecule has 1 amide bonds. The molecule has 3 heterocycles. The van der Waals surface area contributed by atoms with Crippen LogP contribution in [-0.2, 0) is 19.4 Å². The number of para-hydroxylation sites is 1. The van der Waals surface area contributed by atoms with E-state index in [9.17, 15) is 4.79 Å². The Morgan fingerprint density at radius 3 is 3.04 bits per heavy atom. The highest BCUT2D eigenvalue weighted by molar-refractivity contribution is 5.97. The smallest absolute Gasteiger partial charge is 0.267 e. The van der Waals surface area contributed by atoms with Crippen molar-refractivity contribution in [2.24, 2.45) is 0 Å². The van der Waals surface area contributed by atoms with Crippen LogP contribution in [0, 0.1) is 0 Å². The monoisotopic (exact) mass is 323 g/mol. The van der Waals surface area contributed by atoms with Gasteiger partial charge in [-0.25, -0.2) is 0 Å². The molecule has 24 heavy (non-hydrogen) atoms. The first-order chi connectivity index (χ1) is 11.8. The van der Waals surface area contributed by atoms with Crippen molar-refractivity contribution in [2.75, 3.05) is 6.54 Å². The third kappa shape index (κ3) is 2.91. The first-order valence-electron chi connectivity index (χ1n) is 8.58. The first-order valence-corrected chi connectivity index (χ1v) is 8.58. The van der Waals surface area contributed by atoms with E-state index in [0.717, 1.165) is 35.5 Å². The molecule has 1 aromatic carbocycles. The summed E-state index contributed by atoms with van der Waals surface area (Å²) in [6.45, 7) is 1.56. The number of rotatable bonds is 4. The lowest BCUT2D eigenvalue weighted by Crippen LogP contribution is -2.26. The summed E-state index contributed by atoms with van der Waals surface area (Å²) < 4.78 is 2.22. The molecular weight excluding hydrogens is 302 g/mol. The van der Waals surface area contributed by atoms with Crippen LogP contribution in [0.2, 0.25) is 0 Å². The fourth-order valence-electron chi connectivity index (χ4n) is 3.31. The number of aryl methyl sites for hydroxylation is 1. The van der Waals surface area contributed by atoms with Crippen LogP contribution in [-0.4, -0.2) is 32.2 Å². The molecule has 0 bridgehead atoms. The van der Waals surface area contributed by atoms with Crippen molar-refractivity contribution in [1.82, 2.24) is 25.1 Å². The average molecular weight is 323 g/mol. The van der Waals surface area contributed by atoms with Gasteiger partial charge in [0.25, 0.3) is 5.91 Å². The number of benzene rings is 1. The lowest BCUT2D eigenvalue weighted by Gasteiger charge is -2.07. The molecule has 0 spiro atoms. The zero-order valence-electron chi connectivity index (χ0n) is 13.6. The maximum Gasteiger partial charge on any atom is 0.267 e. The fraction of sp³-hybridized carbons (Fsp3) is 0.389. The molecule has 0 aliphatic carbocycles. The second-order valence-electron chi connectivity index (χ2n) is 6.27. The van der Waals surface area contributed by atoms with Gasteiger partial charge in [-0.1, -0.05) is 24.6 Å². The fourth-order valence-corrected chi connectivity index (χ4v) is 3.31. The molecule has 4 rings (SSSR count). The molecule has 6 nitrogen and oxygen atoms in total. The molecule has 124 valence electrons. The molecule has 2 N–H and O–H groups in total. The molecule has 0 radical (unpaired) electrons. The summed E-state index contributed by atoms with van der Waals surface area (Å²) in [5.74, 6) is 1.98. The number of nitrogens with one attached hydrogen (secondary N) is 2. The molecule has 0 fully saturated rings. The van der Waals surface area contributed by atoms with Crippen molar-refractivity contribution >= 4 is 16.8 Å². The van der Waals surface area contributed by atoms with Crippen molar-refractivity contribution in [3.63, 3.8) is 0 Å². The number of aromatic amines is 1. The number of fused-ring (bicyclic) bond motifs is 2. The van der Waals surface area contributed by atoms with Gasteiger partial charge in [0.2, 0.25) is 0 Å². The number of carbonyl (C=O) groups is 1. The topological polar surface area (TPSA) is 75.6 Å². The summed E-state index contributed by atoms with van der Waals surface area (Å²) in [7, 11) is 0. The van der Waals surface area contributed by atoms with Gasteiger partial charge >= 0.3 is 0 Å². The van der Waals surface area contributed by atoms with Crippen molar-refractivity contribution in [2.45, 2.75) is 38.6 Å². The molecular formula is C18H21N5O. The summed E-state index contributed by atoms with van der Waals surface area (Å²) in [6.07, 6.45) is 5.34. The Morgan fingerprint density at radius 2 is 2.12 bits per heavy atom. The van der Waals surface area contributed by atoms with Gasteiger partial charge in [-0.3, -0.25) is 4.79 Å². The van der Waals surface area contributed by atoms with E-state index in [1.165, 1.54) is 19.3 Å². The quantitative estimate of drug-likeness (QED) is 0.774. The molecule has 6 heteroatoms. The highest BCUT2D eigenvalue weighted by Gasteiger charge is 2.15. The predicted octanol–water partition coefficient (Wildman–Crippen LogP) is 2.46. The number of carbonyl (C=O) groups excluding carboxylic acids is 1. The van der Waals surface area contributed by atoms with E-state index in [-0.39, 0.29) is 5.91 Å². The Bertz CT molecular complexity index is 830. The van der Waals surface area contributed by atoms with Crippen LogP contribution < -0.4 is 5.32 Å². The maximum absolute atomic E-state index is 12.3. The van der Waals surface area contributed by atoms with Crippen LogP contribution in [0.3, 0.4) is 0 Å². The van der Waals surface area contributed by atoms with Gasteiger partial charge in [-0.05, 0) is 25.0 Å². The van der Waals surface area contributed by atoms with Crippen LogP contribution in [0.25, 0.3) is 10.9 Å². The Hall–Kier alpha value is -2.63.